The van der Waals surface area contributed by atoms with Gasteiger partial charge in [0.05, 0.1) is 12.5 Å². The van der Waals surface area contributed by atoms with Crippen LogP contribution in [-0.4, -0.2) is 42.4 Å². The van der Waals surface area contributed by atoms with Gasteiger partial charge in [0.1, 0.15) is 6.29 Å². The minimum absolute atomic E-state index is 0.0630. The standard InChI is InChI=1S/C19H24.C14H27NO3/c1-12(2)16-14-10-6-8-13-9-7-11-15(17(13)14)18(16)19(3,4)5;1-10(2)11(9-17)12(14(3,4)5)13(18)15(6)7-8-16/h6-12,16,18H,1-5H3;9-12,16H,7-8H2,1-6H3. The number of aldehydes is 1. The molecule has 1 aliphatic rings. The van der Waals surface area contributed by atoms with E-state index >= 15 is 0 Å². The number of hydrogen-bond acceptors (Lipinski definition) is 3. The fourth-order valence-electron chi connectivity index (χ4n) is 6.29. The van der Waals surface area contributed by atoms with Crippen molar-refractivity contribution < 1.29 is 14.7 Å². The quantitative estimate of drug-likeness (QED) is 0.399. The lowest BCUT2D eigenvalue weighted by Crippen LogP contribution is -2.45. The van der Waals surface area contributed by atoms with E-state index in [1.165, 1.54) is 15.7 Å². The molecule has 0 radical (unpaired) electrons. The predicted molar refractivity (Wildman–Crippen MR) is 156 cm³/mol. The lowest BCUT2D eigenvalue weighted by atomic mass is 9.68. The topological polar surface area (TPSA) is 57.6 Å². The molecule has 3 rings (SSSR count). The van der Waals surface area contributed by atoms with Gasteiger partial charge in [-0.15, -0.1) is 0 Å². The summed E-state index contributed by atoms with van der Waals surface area (Å²) in [6.45, 7) is 22.0. The molecule has 0 bridgehead atoms. The molecule has 0 aliphatic heterocycles. The van der Waals surface area contributed by atoms with Gasteiger partial charge in [-0.2, -0.15) is 0 Å². The SMILES string of the molecule is CC(C)C(C=O)C(C(=O)N(C)CCO)C(C)(C)C.CC(C)C1c2cccc3cccc(c23)C1C(C)(C)C. The number of benzene rings is 2. The van der Waals surface area contributed by atoms with Crippen LogP contribution in [0.3, 0.4) is 0 Å². The largest absolute Gasteiger partial charge is 0.395 e. The van der Waals surface area contributed by atoms with Crippen molar-refractivity contribution >= 4 is 23.0 Å². The molecule has 1 N–H and O–H groups in total. The highest BCUT2D eigenvalue weighted by molar-refractivity contribution is 5.92. The third-order valence-corrected chi connectivity index (χ3v) is 8.00. The summed E-state index contributed by atoms with van der Waals surface area (Å²) in [5.74, 6) is 1.38. The van der Waals surface area contributed by atoms with E-state index < -0.39 is 0 Å². The number of aliphatic hydroxyl groups excluding tert-OH is 1. The number of carbonyl (C=O) groups excluding carboxylic acids is 2. The van der Waals surface area contributed by atoms with Crippen molar-refractivity contribution in [1.82, 2.24) is 4.90 Å². The Labute approximate surface area is 225 Å². The number of rotatable bonds is 7. The Morgan fingerprint density at radius 1 is 0.973 bits per heavy atom. The lowest BCUT2D eigenvalue weighted by molar-refractivity contribution is -0.144. The third kappa shape index (κ3) is 6.82. The first-order valence-electron chi connectivity index (χ1n) is 13.9. The Hall–Kier alpha value is -2.20. The van der Waals surface area contributed by atoms with Crippen molar-refractivity contribution in [3.05, 3.63) is 47.5 Å². The first kappa shape index (κ1) is 31.0. The maximum atomic E-state index is 12.4. The molecular formula is C33H51NO3. The fraction of sp³-hybridized carbons (Fsp3) is 0.636. The number of amides is 1. The van der Waals surface area contributed by atoms with E-state index in [4.69, 9.17) is 5.11 Å². The highest BCUT2D eigenvalue weighted by Gasteiger charge is 2.42. The van der Waals surface area contributed by atoms with Gasteiger partial charge in [0.25, 0.3) is 0 Å². The predicted octanol–water partition coefficient (Wildman–Crippen LogP) is 7.29. The molecule has 2 aromatic rings. The smallest absolute Gasteiger partial charge is 0.226 e. The Bertz CT molecular complexity index is 1050. The van der Waals surface area contributed by atoms with Crippen LogP contribution < -0.4 is 0 Å². The molecule has 0 aromatic heterocycles. The number of nitrogens with zero attached hydrogens (tertiary/aromatic N) is 1. The summed E-state index contributed by atoms with van der Waals surface area (Å²) in [7, 11) is 1.67. The summed E-state index contributed by atoms with van der Waals surface area (Å²) in [5.41, 5.74) is 3.17. The number of hydrogen-bond donors (Lipinski definition) is 1. The zero-order valence-electron chi connectivity index (χ0n) is 25.1. The summed E-state index contributed by atoms with van der Waals surface area (Å²) in [6.07, 6.45) is 0.894. The van der Waals surface area contributed by atoms with Crippen LogP contribution in [0.2, 0.25) is 0 Å². The maximum Gasteiger partial charge on any atom is 0.226 e. The second kappa shape index (κ2) is 12.1. The van der Waals surface area contributed by atoms with Gasteiger partial charge in [0.15, 0.2) is 0 Å². The van der Waals surface area contributed by atoms with Gasteiger partial charge in [-0.1, -0.05) is 106 Å². The van der Waals surface area contributed by atoms with Crippen LogP contribution in [0.25, 0.3) is 10.8 Å². The Kier molecular flexibility index (Phi) is 10.2. The average molecular weight is 510 g/mol. The Balaban J connectivity index is 0.000000261. The van der Waals surface area contributed by atoms with Gasteiger partial charge in [-0.25, -0.2) is 0 Å². The van der Waals surface area contributed by atoms with Crippen molar-refractivity contribution in [2.75, 3.05) is 20.2 Å². The third-order valence-electron chi connectivity index (χ3n) is 8.00. The van der Waals surface area contributed by atoms with Crippen molar-refractivity contribution in [2.45, 2.75) is 81.1 Å². The van der Waals surface area contributed by atoms with E-state index in [9.17, 15) is 9.59 Å². The summed E-state index contributed by atoms with van der Waals surface area (Å²) in [4.78, 5) is 25.2. The molecule has 1 amide bonds. The van der Waals surface area contributed by atoms with E-state index in [0.29, 0.717) is 29.7 Å². The van der Waals surface area contributed by atoms with E-state index in [1.807, 2.05) is 34.6 Å². The first-order chi connectivity index (χ1) is 17.1. The number of likely N-dealkylation sites (N-methyl/N-ethyl adjacent to an activating group) is 1. The van der Waals surface area contributed by atoms with Gasteiger partial charge >= 0.3 is 0 Å². The van der Waals surface area contributed by atoms with Crippen LogP contribution in [0.4, 0.5) is 0 Å². The molecule has 4 heteroatoms. The molecular weight excluding hydrogens is 458 g/mol. The van der Waals surface area contributed by atoms with Crippen molar-refractivity contribution in [3.63, 3.8) is 0 Å². The molecule has 37 heavy (non-hydrogen) atoms. The van der Waals surface area contributed by atoms with E-state index in [2.05, 4.69) is 71.0 Å². The monoisotopic (exact) mass is 509 g/mol. The van der Waals surface area contributed by atoms with Gasteiger partial charge in [-0.05, 0) is 56.4 Å². The first-order valence-corrected chi connectivity index (χ1v) is 13.9. The molecule has 206 valence electrons. The highest BCUT2D eigenvalue weighted by atomic mass is 16.3. The molecule has 0 saturated heterocycles. The van der Waals surface area contributed by atoms with Crippen LogP contribution in [0.5, 0.6) is 0 Å². The Morgan fingerprint density at radius 2 is 1.51 bits per heavy atom. The molecule has 4 atom stereocenters. The van der Waals surface area contributed by atoms with Gasteiger partial charge < -0.3 is 14.8 Å². The van der Waals surface area contributed by atoms with Crippen molar-refractivity contribution in [2.24, 2.45) is 34.5 Å². The molecule has 0 heterocycles. The summed E-state index contributed by atoms with van der Waals surface area (Å²) in [6, 6.07) is 13.7. The lowest BCUT2D eigenvalue weighted by Gasteiger charge is -2.37. The van der Waals surface area contributed by atoms with Gasteiger partial charge in [0, 0.05) is 19.5 Å². The van der Waals surface area contributed by atoms with Crippen LogP contribution in [0, 0.1) is 34.5 Å². The van der Waals surface area contributed by atoms with Crippen LogP contribution >= 0.6 is 0 Å². The van der Waals surface area contributed by atoms with E-state index in [-0.39, 0.29) is 35.7 Å². The Morgan fingerprint density at radius 3 is 1.92 bits per heavy atom. The molecule has 0 fully saturated rings. The van der Waals surface area contributed by atoms with Crippen LogP contribution in [-0.2, 0) is 9.59 Å². The highest BCUT2D eigenvalue weighted by Crippen LogP contribution is 2.56. The fourth-order valence-corrected chi connectivity index (χ4v) is 6.29. The van der Waals surface area contributed by atoms with Crippen molar-refractivity contribution in [3.8, 4) is 0 Å². The molecule has 2 aromatic carbocycles. The maximum absolute atomic E-state index is 12.4. The summed E-state index contributed by atoms with van der Waals surface area (Å²) >= 11 is 0. The molecule has 4 unspecified atom stereocenters. The van der Waals surface area contributed by atoms with Crippen LogP contribution in [0.15, 0.2) is 36.4 Å². The van der Waals surface area contributed by atoms with Gasteiger partial charge in [-0.3, -0.25) is 4.79 Å². The normalized spacial score (nSPS) is 19.0. The summed E-state index contributed by atoms with van der Waals surface area (Å²) in [5, 5.41) is 11.9. The minimum Gasteiger partial charge on any atom is -0.395 e. The van der Waals surface area contributed by atoms with Crippen molar-refractivity contribution in [1.29, 1.82) is 0 Å². The average Bonchev–Trinajstić information content (AvgIpc) is 3.14. The van der Waals surface area contributed by atoms with Gasteiger partial charge in [0.2, 0.25) is 5.91 Å². The molecule has 4 nitrogen and oxygen atoms in total. The zero-order valence-corrected chi connectivity index (χ0v) is 25.1. The molecule has 1 aliphatic carbocycles. The zero-order chi connectivity index (χ0) is 28.3. The second-order valence-electron chi connectivity index (χ2n) is 13.7. The van der Waals surface area contributed by atoms with E-state index in [0.717, 1.165) is 6.29 Å². The second-order valence-corrected chi connectivity index (χ2v) is 13.7. The van der Waals surface area contributed by atoms with E-state index in [1.54, 1.807) is 18.2 Å². The number of aliphatic hydroxyl groups is 1. The minimum atomic E-state index is -0.355. The number of carbonyl (C=O) groups is 2. The molecule has 0 saturated carbocycles. The molecule has 0 spiro atoms. The van der Waals surface area contributed by atoms with Crippen LogP contribution in [0.1, 0.15) is 92.2 Å². The summed E-state index contributed by atoms with van der Waals surface area (Å²) < 4.78 is 0.